The van der Waals surface area contributed by atoms with E-state index in [0.29, 0.717) is 5.56 Å². The van der Waals surface area contributed by atoms with Crippen molar-refractivity contribution in [2.75, 3.05) is 5.32 Å². The number of anilines is 1. The first-order valence-electron chi connectivity index (χ1n) is 6.49. The van der Waals surface area contributed by atoms with Gasteiger partial charge in [-0.05, 0) is 42.0 Å². The maximum absolute atomic E-state index is 13.0. The number of pyridine rings is 1. The molecule has 7 heteroatoms. The summed E-state index contributed by atoms with van der Waals surface area (Å²) < 4.78 is 13.0. The molecule has 1 aromatic carbocycles. The molecule has 0 spiro atoms. The molecule has 0 unspecified atom stereocenters. The highest BCUT2D eigenvalue weighted by atomic mass is 32.1. The minimum Gasteiger partial charge on any atom is -0.481 e. The summed E-state index contributed by atoms with van der Waals surface area (Å²) >= 11 is 5.18. The third-order valence-electron chi connectivity index (χ3n) is 2.89. The van der Waals surface area contributed by atoms with E-state index in [1.54, 1.807) is 24.5 Å². The van der Waals surface area contributed by atoms with Crippen LogP contribution in [0.4, 0.5) is 10.1 Å². The summed E-state index contributed by atoms with van der Waals surface area (Å²) in [6, 6.07) is 8.54. The van der Waals surface area contributed by atoms with Crippen LogP contribution in [0.15, 0.2) is 48.8 Å². The van der Waals surface area contributed by atoms with Crippen LogP contribution in [0.2, 0.25) is 0 Å². The van der Waals surface area contributed by atoms with Crippen LogP contribution in [0.5, 0.6) is 0 Å². The summed E-state index contributed by atoms with van der Waals surface area (Å²) in [6.45, 7) is 0. The van der Waals surface area contributed by atoms with Crippen LogP contribution < -0.4 is 10.6 Å². The van der Waals surface area contributed by atoms with E-state index in [1.165, 1.54) is 24.3 Å². The van der Waals surface area contributed by atoms with Crippen LogP contribution in [-0.2, 0) is 4.79 Å². The zero-order valence-corrected chi connectivity index (χ0v) is 12.3. The van der Waals surface area contributed by atoms with Gasteiger partial charge in [0, 0.05) is 18.1 Å². The van der Waals surface area contributed by atoms with Crippen molar-refractivity contribution in [3.8, 4) is 0 Å². The van der Waals surface area contributed by atoms with E-state index >= 15 is 0 Å². The SMILES string of the molecule is O=C(O)C[C@H](NC(=S)Nc1ccncc1)c1ccc(F)cc1. The molecule has 2 aromatic rings. The lowest BCUT2D eigenvalue weighted by molar-refractivity contribution is -0.137. The quantitative estimate of drug-likeness (QED) is 0.736. The maximum atomic E-state index is 13.0. The fourth-order valence-electron chi connectivity index (χ4n) is 1.88. The number of carboxylic acid groups (broad SMARTS) is 1. The van der Waals surface area contributed by atoms with Gasteiger partial charge in [-0.25, -0.2) is 4.39 Å². The minimum atomic E-state index is -0.978. The standard InChI is InChI=1S/C15H14FN3O2S/c16-11-3-1-10(2-4-11)13(9-14(20)21)19-15(22)18-12-5-7-17-8-6-12/h1-8,13H,9H2,(H,20,21)(H2,17,18,19,22)/t13-/m0/s1. The minimum absolute atomic E-state index is 0.177. The molecule has 0 saturated heterocycles. The largest absolute Gasteiger partial charge is 0.481 e. The second kappa shape index (κ2) is 7.46. The summed E-state index contributed by atoms with van der Waals surface area (Å²) in [6.07, 6.45) is 3.04. The van der Waals surface area contributed by atoms with Gasteiger partial charge in [0.1, 0.15) is 5.82 Å². The summed E-state index contributed by atoms with van der Waals surface area (Å²) in [5.41, 5.74) is 1.38. The van der Waals surface area contributed by atoms with E-state index in [1.807, 2.05) is 0 Å². The second-order valence-corrected chi connectivity index (χ2v) is 4.94. The zero-order chi connectivity index (χ0) is 15.9. The molecule has 0 aliphatic heterocycles. The highest BCUT2D eigenvalue weighted by Gasteiger charge is 2.16. The number of rotatable bonds is 5. The van der Waals surface area contributed by atoms with Gasteiger partial charge < -0.3 is 15.7 Å². The fourth-order valence-corrected chi connectivity index (χ4v) is 2.14. The molecule has 0 aliphatic carbocycles. The van der Waals surface area contributed by atoms with Crippen molar-refractivity contribution in [1.29, 1.82) is 0 Å². The van der Waals surface area contributed by atoms with Gasteiger partial charge in [-0.3, -0.25) is 9.78 Å². The lowest BCUT2D eigenvalue weighted by Gasteiger charge is -2.20. The second-order valence-electron chi connectivity index (χ2n) is 4.54. The van der Waals surface area contributed by atoms with Gasteiger partial charge in [-0.2, -0.15) is 0 Å². The normalized spacial score (nSPS) is 11.5. The first-order chi connectivity index (χ1) is 10.5. The van der Waals surface area contributed by atoms with Crippen LogP contribution in [0.1, 0.15) is 18.0 Å². The number of hydrogen-bond acceptors (Lipinski definition) is 3. The Labute approximate surface area is 132 Å². The number of carbonyl (C=O) groups is 1. The molecule has 114 valence electrons. The molecule has 3 N–H and O–H groups in total. The molecule has 5 nitrogen and oxygen atoms in total. The average molecular weight is 319 g/mol. The van der Waals surface area contributed by atoms with E-state index in [-0.39, 0.29) is 17.4 Å². The number of thiocarbonyl (C=S) groups is 1. The first-order valence-corrected chi connectivity index (χ1v) is 6.90. The third-order valence-corrected chi connectivity index (χ3v) is 3.11. The lowest BCUT2D eigenvalue weighted by Crippen LogP contribution is -2.33. The van der Waals surface area contributed by atoms with E-state index in [2.05, 4.69) is 15.6 Å². The van der Waals surface area contributed by atoms with E-state index < -0.39 is 12.0 Å². The van der Waals surface area contributed by atoms with Crippen molar-refractivity contribution in [2.24, 2.45) is 0 Å². The number of halogens is 1. The summed E-state index contributed by atoms with van der Waals surface area (Å²) in [5, 5.41) is 15.2. The Morgan fingerprint density at radius 2 is 1.86 bits per heavy atom. The van der Waals surface area contributed by atoms with Gasteiger partial charge in [-0.15, -0.1) is 0 Å². The average Bonchev–Trinajstić information content (AvgIpc) is 2.48. The van der Waals surface area contributed by atoms with Crippen LogP contribution >= 0.6 is 12.2 Å². The van der Waals surface area contributed by atoms with Gasteiger partial charge in [-0.1, -0.05) is 12.1 Å². The highest BCUT2D eigenvalue weighted by Crippen LogP contribution is 2.18. The molecular formula is C15H14FN3O2S. The topological polar surface area (TPSA) is 74.2 Å². The molecule has 0 saturated carbocycles. The Balaban J connectivity index is 2.07. The number of aliphatic carboxylic acids is 1. The van der Waals surface area contributed by atoms with Crippen LogP contribution in [0.25, 0.3) is 0 Å². The van der Waals surface area contributed by atoms with Gasteiger partial charge in [0.25, 0.3) is 0 Å². The van der Waals surface area contributed by atoms with Gasteiger partial charge in [0.05, 0.1) is 12.5 Å². The van der Waals surface area contributed by atoms with Crippen molar-refractivity contribution in [1.82, 2.24) is 10.3 Å². The monoisotopic (exact) mass is 319 g/mol. The maximum Gasteiger partial charge on any atom is 0.305 e. The van der Waals surface area contributed by atoms with Crippen molar-refractivity contribution < 1.29 is 14.3 Å². The van der Waals surface area contributed by atoms with Crippen LogP contribution in [0.3, 0.4) is 0 Å². The van der Waals surface area contributed by atoms with Crippen molar-refractivity contribution in [3.05, 3.63) is 60.2 Å². The Bertz CT molecular complexity index is 650. The number of carboxylic acids is 1. The number of nitrogens with zero attached hydrogens (tertiary/aromatic N) is 1. The predicted molar refractivity (Wildman–Crippen MR) is 85.0 cm³/mol. The van der Waals surface area contributed by atoms with Crippen LogP contribution in [0, 0.1) is 5.82 Å². The van der Waals surface area contributed by atoms with E-state index in [9.17, 15) is 9.18 Å². The Morgan fingerprint density at radius 3 is 2.45 bits per heavy atom. The van der Waals surface area contributed by atoms with Crippen molar-refractivity contribution >= 4 is 29.0 Å². The summed E-state index contributed by atoms with van der Waals surface area (Å²) in [4.78, 5) is 14.9. The number of hydrogen-bond donors (Lipinski definition) is 3. The highest BCUT2D eigenvalue weighted by molar-refractivity contribution is 7.80. The molecule has 1 aromatic heterocycles. The van der Waals surface area contributed by atoms with Crippen LogP contribution in [-0.4, -0.2) is 21.2 Å². The fraction of sp³-hybridized carbons (Fsp3) is 0.133. The predicted octanol–water partition coefficient (Wildman–Crippen LogP) is 2.72. The third kappa shape index (κ3) is 4.78. The summed E-state index contributed by atoms with van der Waals surface area (Å²) in [7, 11) is 0. The van der Waals surface area contributed by atoms with E-state index in [0.717, 1.165) is 5.69 Å². The molecular weight excluding hydrogens is 305 g/mol. The molecule has 2 rings (SSSR count). The number of aromatic nitrogens is 1. The van der Waals surface area contributed by atoms with Crippen molar-refractivity contribution in [2.45, 2.75) is 12.5 Å². The molecule has 1 heterocycles. The molecule has 0 radical (unpaired) electrons. The smallest absolute Gasteiger partial charge is 0.305 e. The molecule has 0 amide bonds. The number of benzene rings is 1. The Kier molecular flexibility index (Phi) is 5.37. The number of nitrogens with one attached hydrogen (secondary N) is 2. The van der Waals surface area contributed by atoms with E-state index in [4.69, 9.17) is 17.3 Å². The molecule has 0 bridgehead atoms. The Hall–Kier alpha value is -2.54. The Morgan fingerprint density at radius 1 is 1.23 bits per heavy atom. The van der Waals surface area contributed by atoms with Gasteiger partial charge in [0.15, 0.2) is 5.11 Å². The molecule has 22 heavy (non-hydrogen) atoms. The zero-order valence-electron chi connectivity index (χ0n) is 11.5. The van der Waals surface area contributed by atoms with Gasteiger partial charge >= 0.3 is 5.97 Å². The lowest BCUT2D eigenvalue weighted by atomic mass is 10.0. The van der Waals surface area contributed by atoms with Gasteiger partial charge in [0.2, 0.25) is 0 Å². The first kappa shape index (κ1) is 15.8. The molecule has 1 atom stereocenters. The summed E-state index contributed by atoms with van der Waals surface area (Å²) in [5.74, 6) is -1.36. The van der Waals surface area contributed by atoms with Crippen molar-refractivity contribution in [3.63, 3.8) is 0 Å². The molecule has 0 aliphatic rings. The molecule has 0 fully saturated rings.